The van der Waals surface area contributed by atoms with Crippen LogP contribution in [0.5, 0.6) is 5.75 Å². The molecular weight excluding hydrogens is 230 g/mol. The molecule has 2 rings (SSSR count). The molecule has 6 heteroatoms. The van der Waals surface area contributed by atoms with Crippen molar-refractivity contribution < 1.29 is 18.7 Å². The first kappa shape index (κ1) is 11.6. The van der Waals surface area contributed by atoms with Gasteiger partial charge in [0.2, 0.25) is 0 Å². The normalized spacial score (nSPS) is 16.7. The van der Waals surface area contributed by atoms with Crippen LogP contribution in [0.25, 0.3) is 0 Å². The van der Waals surface area contributed by atoms with E-state index in [2.05, 4.69) is 5.16 Å². The minimum absolute atomic E-state index is 0.0246. The van der Waals surface area contributed by atoms with Gasteiger partial charge in [-0.15, -0.1) is 0 Å². The molecule has 92 valence electrons. The maximum atomic E-state index is 13.6. The van der Waals surface area contributed by atoms with Gasteiger partial charge in [-0.25, -0.2) is 8.78 Å². The number of hydrogen-bond donors (Lipinski definition) is 2. The second-order valence-electron chi connectivity index (χ2n) is 3.93. The van der Waals surface area contributed by atoms with Crippen molar-refractivity contribution in [3.05, 3.63) is 29.3 Å². The van der Waals surface area contributed by atoms with Gasteiger partial charge in [0.05, 0.1) is 6.10 Å². The molecule has 1 saturated carbocycles. The number of nitrogens with zero attached hydrogens (tertiary/aromatic N) is 1. The van der Waals surface area contributed by atoms with Gasteiger partial charge in [-0.1, -0.05) is 5.16 Å². The molecule has 0 spiro atoms. The third-order valence-corrected chi connectivity index (χ3v) is 2.74. The highest BCUT2D eigenvalue weighted by atomic mass is 19.1. The molecule has 0 radical (unpaired) electrons. The van der Waals surface area contributed by atoms with Gasteiger partial charge in [0, 0.05) is 5.56 Å². The van der Waals surface area contributed by atoms with Crippen LogP contribution in [0.3, 0.4) is 0 Å². The van der Waals surface area contributed by atoms with Gasteiger partial charge >= 0.3 is 0 Å². The Bertz CT molecular complexity index is 436. The number of hydrogen-bond acceptors (Lipinski definition) is 3. The second kappa shape index (κ2) is 4.57. The molecule has 1 aliphatic carbocycles. The van der Waals surface area contributed by atoms with Gasteiger partial charge in [-0.05, 0) is 31.4 Å². The maximum absolute atomic E-state index is 13.6. The molecule has 0 amide bonds. The van der Waals surface area contributed by atoms with E-state index in [1.807, 2.05) is 0 Å². The van der Waals surface area contributed by atoms with Gasteiger partial charge in [0.1, 0.15) is 0 Å². The minimum Gasteiger partial charge on any atom is -0.484 e. The zero-order chi connectivity index (χ0) is 12.4. The molecule has 1 aliphatic rings. The van der Waals surface area contributed by atoms with Gasteiger partial charge < -0.3 is 15.7 Å². The van der Waals surface area contributed by atoms with E-state index in [1.54, 1.807) is 0 Å². The number of amidine groups is 1. The quantitative estimate of drug-likeness (QED) is 0.368. The number of oxime groups is 1. The van der Waals surface area contributed by atoms with E-state index >= 15 is 0 Å². The number of rotatable bonds is 3. The summed E-state index contributed by atoms with van der Waals surface area (Å²) < 4.78 is 32.3. The summed E-state index contributed by atoms with van der Waals surface area (Å²) in [6.07, 6.45) is 2.51. The summed E-state index contributed by atoms with van der Waals surface area (Å²) in [4.78, 5) is 0. The van der Waals surface area contributed by atoms with E-state index in [-0.39, 0.29) is 17.5 Å². The molecule has 1 aromatic rings. The van der Waals surface area contributed by atoms with Crippen molar-refractivity contribution in [3.8, 4) is 5.75 Å². The van der Waals surface area contributed by atoms with Crippen LogP contribution < -0.4 is 10.5 Å². The van der Waals surface area contributed by atoms with Crippen molar-refractivity contribution in [1.82, 2.24) is 0 Å². The number of nitrogens with two attached hydrogens (primary N) is 1. The van der Waals surface area contributed by atoms with Crippen molar-refractivity contribution in [2.75, 3.05) is 0 Å². The molecule has 0 saturated heterocycles. The topological polar surface area (TPSA) is 67.8 Å². The fourth-order valence-corrected chi connectivity index (χ4v) is 1.53. The summed E-state index contributed by atoms with van der Waals surface area (Å²) in [5.74, 6) is -2.45. The van der Waals surface area contributed by atoms with Crippen LogP contribution >= 0.6 is 0 Å². The predicted octanol–water partition coefficient (Wildman–Crippen LogP) is 1.99. The van der Waals surface area contributed by atoms with Gasteiger partial charge in [0.25, 0.3) is 0 Å². The Morgan fingerprint density at radius 1 is 1.35 bits per heavy atom. The minimum atomic E-state index is -0.849. The van der Waals surface area contributed by atoms with Crippen molar-refractivity contribution in [3.63, 3.8) is 0 Å². The molecular formula is C11H12F2N2O2. The molecule has 3 N–H and O–H groups in total. The zero-order valence-electron chi connectivity index (χ0n) is 8.99. The zero-order valence-corrected chi connectivity index (χ0v) is 8.99. The van der Waals surface area contributed by atoms with E-state index in [0.717, 1.165) is 31.4 Å². The summed E-state index contributed by atoms with van der Waals surface area (Å²) in [6.45, 7) is 0. The Morgan fingerprint density at radius 3 is 2.35 bits per heavy atom. The molecule has 17 heavy (non-hydrogen) atoms. The Morgan fingerprint density at radius 2 is 1.94 bits per heavy atom. The molecule has 0 aromatic heterocycles. The van der Waals surface area contributed by atoms with Crippen LogP contribution in [-0.4, -0.2) is 17.1 Å². The molecule has 1 fully saturated rings. The Hall–Kier alpha value is -1.85. The summed E-state index contributed by atoms with van der Waals surface area (Å²) >= 11 is 0. The lowest BCUT2D eigenvalue weighted by Crippen LogP contribution is -2.25. The maximum Gasteiger partial charge on any atom is 0.191 e. The van der Waals surface area contributed by atoms with E-state index in [0.29, 0.717) is 0 Å². The summed E-state index contributed by atoms with van der Waals surface area (Å²) in [6, 6.07) is 1.96. The molecule has 1 aromatic carbocycles. The van der Waals surface area contributed by atoms with Crippen molar-refractivity contribution in [1.29, 1.82) is 0 Å². The monoisotopic (exact) mass is 242 g/mol. The first-order chi connectivity index (χ1) is 8.11. The highest BCUT2D eigenvalue weighted by Gasteiger charge is 2.23. The summed E-state index contributed by atoms with van der Waals surface area (Å²) in [7, 11) is 0. The lowest BCUT2D eigenvalue weighted by Gasteiger charge is -2.26. The average molecular weight is 242 g/mol. The number of ether oxygens (including phenoxy) is 1. The van der Waals surface area contributed by atoms with E-state index in [4.69, 9.17) is 15.7 Å². The molecule has 0 bridgehead atoms. The molecule has 0 atom stereocenters. The lowest BCUT2D eigenvalue weighted by molar-refractivity contribution is 0.109. The molecule has 4 nitrogen and oxygen atoms in total. The SMILES string of the molecule is N/C(=N/O)c1cc(F)c(OC2CCC2)c(F)c1. The van der Waals surface area contributed by atoms with Crippen LogP contribution in [0.4, 0.5) is 8.78 Å². The molecule has 0 aliphatic heterocycles. The van der Waals surface area contributed by atoms with E-state index in [1.165, 1.54) is 0 Å². The standard InChI is InChI=1S/C11H12F2N2O2/c12-8-4-6(11(14)15-16)5-9(13)10(8)17-7-2-1-3-7/h4-5,7,16H,1-3H2,(H2,14,15). The predicted molar refractivity (Wildman–Crippen MR) is 57.1 cm³/mol. The van der Waals surface area contributed by atoms with Crippen LogP contribution in [-0.2, 0) is 0 Å². The first-order valence-electron chi connectivity index (χ1n) is 5.25. The third kappa shape index (κ3) is 2.30. The summed E-state index contributed by atoms with van der Waals surface area (Å²) in [5, 5.41) is 11.1. The van der Waals surface area contributed by atoms with Gasteiger partial charge in [-0.2, -0.15) is 0 Å². The van der Waals surface area contributed by atoms with E-state index < -0.39 is 17.4 Å². The second-order valence-corrected chi connectivity index (χ2v) is 3.93. The Kier molecular flexibility index (Phi) is 3.12. The smallest absolute Gasteiger partial charge is 0.191 e. The highest BCUT2D eigenvalue weighted by Crippen LogP contribution is 2.29. The number of benzene rings is 1. The van der Waals surface area contributed by atoms with Gasteiger partial charge in [0.15, 0.2) is 23.2 Å². The van der Waals surface area contributed by atoms with Crippen molar-refractivity contribution in [2.45, 2.75) is 25.4 Å². The van der Waals surface area contributed by atoms with Crippen LogP contribution in [0.15, 0.2) is 17.3 Å². The van der Waals surface area contributed by atoms with Crippen LogP contribution in [0, 0.1) is 11.6 Å². The van der Waals surface area contributed by atoms with Crippen LogP contribution in [0.2, 0.25) is 0 Å². The van der Waals surface area contributed by atoms with Crippen molar-refractivity contribution in [2.24, 2.45) is 10.9 Å². The third-order valence-electron chi connectivity index (χ3n) is 2.74. The largest absolute Gasteiger partial charge is 0.484 e. The fraction of sp³-hybridized carbons (Fsp3) is 0.364. The average Bonchev–Trinajstić information content (AvgIpc) is 2.24. The first-order valence-corrected chi connectivity index (χ1v) is 5.25. The van der Waals surface area contributed by atoms with Crippen molar-refractivity contribution >= 4 is 5.84 Å². The Balaban J connectivity index is 2.28. The van der Waals surface area contributed by atoms with E-state index in [9.17, 15) is 8.78 Å². The molecule has 0 heterocycles. The Labute approximate surface area is 96.7 Å². The molecule has 0 unspecified atom stereocenters. The van der Waals surface area contributed by atoms with Crippen LogP contribution in [0.1, 0.15) is 24.8 Å². The van der Waals surface area contributed by atoms with Gasteiger partial charge in [-0.3, -0.25) is 0 Å². The highest BCUT2D eigenvalue weighted by molar-refractivity contribution is 5.97. The fourth-order valence-electron chi connectivity index (χ4n) is 1.53. The lowest BCUT2D eigenvalue weighted by atomic mass is 9.96. The number of halogens is 2. The summed E-state index contributed by atoms with van der Waals surface area (Å²) in [5.41, 5.74) is 5.22.